The van der Waals surface area contributed by atoms with E-state index in [1.54, 1.807) is 17.3 Å². The van der Waals surface area contributed by atoms with Crippen LogP contribution in [0.4, 0.5) is 0 Å². The number of likely N-dealkylation sites (tertiary alicyclic amines) is 1. The van der Waals surface area contributed by atoms with E-state index in [-0.39, 0.29) is 11.3 Å². The third-order valence-electron chi connectivity index (χ3n) is 3.75. The zero-order valence-electron chi connectivity index (χ0n) is 10.2. The average molecular weight is 233 g/mol. The summed E-state index contributed by atoms with van der Waals surface area (Å²) in [5.74, 6) is 0.185. The number of pyridine rings is 1. The van der Waals surface area contributed by atoms with Crippen LogP contribution in [-0.4, -0.2) is 35.9 Å². The van der Waals surface area contributed by atoms with Gasteiger partial charge in [0, 0.05) is 44.4 Å². The summed E-state index contributed by atoms with van der Waals surface area (Å²) in [6.45, 7) is 1.34. The first-order valence-electron chi connectivity index (χ1n) is 6.02. The molecule has 2 heterocycles. The van der Waals surface area contributed by atoms with E-state index < -0.39 is 0 Å². The summed E-state index contributed by atoms with van der Waals surface area (Å²) in [7, 11) is 1.86. The van der Waals surface area contributed by atoms with E-state index in [2.05, 4.69) is 4.98 Å². The molecule has 0 bridgehead atoms. The van der Waals surface area contributed by atoms with Crippen LogP contribution in [0.15, 0.2) is 24.5 Å². The smallest absolute Gasteiger partial charge is 0.223 e. The molecule has 92 valence electrons. The molecule has 0 aromatic carbocycles. The maximum atomic E-state index is 12.0. The quantitative estimate of drug-likeness (QED) is 0.826. The van der Waals surface area contributed by atoms with Crippen LogP contribution >= 0.6 is 0 Å². The molecule has 1 aromatic rings. The zero-order valence-corrected chi connectivity index (χ0v) is 10.2. The molecule has 0 spiro atoms. The lowest BCUT2D eigenvalue weighted by Gasteiger charge is -2.31. The van der Waals surface area contributed by atoms with Gasteiger partial charge in [0.2, 0.25) is 5.91 Å². The van der Waals surface area contributed by atoms with Crippen molar-refractivity contribution >= 4 is 5.91 Å². The van der Waals surface area contributed by atoms with Crippen LogP contribution in [-0.2, 0) is 10.2 Å². The first-order valence-corrected chi connectivity index (χ1v) is 6.02. The summed E-state index contributed by atoms with van der Waals surface area (Å²) in [6, 6.07) is 3.96. The number of nitrogens with zero attached hydrogens (tertiary/aromatic N) is 2. The van der Waals surface area contributed by atoms with E-state index in [4.69, 9.17) is 5.73 Å². The van der Waals surface area contributed by atoms with Crippen molar-refractivity contribution in [1.29, 1.82) is 0 Å². The second kappa shape index (κ2) is 4.84. The Morgan fingerprint density at radius 1 is 1.47 bits per heavy atom. The van der Waals surface area contributed by atoms with Crippen molar-refractivity contribution in [1.82, 2.24) is 9.88 Å². The molecular weight excluding hydrogens is 214 g/mol. The minimum atomic E-state index is -0.204. The molecule has 17 heavy (non-hydrogen) atoms. The molecule has 1 atom stereocenters. The standard InChI is InChI=1S/C13H19N3O/c1-16-8-2-5-13(10-14,9-12(16)17)11-3-6-15-7-4-11/h3-4,6-7H,2,5,8-10,14H2,1H3. The Kier molecular flexibility index (Phi) is 3.43. The van der Waals surface area contributed by atoms with Crippen LogP contribution in [0.3, 0.4) is 0 Å². The second-order valence-electron chi connectivity index (χ2n) is 4.82. The number of hydrogen-bond acceptors (Lipinski definition) is 3. The van der Waals surface area contributed by atoms with Gasteiger partial charge >= 0.3 is 0 Å². The lowest BCUT2D eigenvalue weighted by atomic mass is 9.75. The molecule has 1 amide bonds. The number of hydrogen-bond donors (Lipinski definition) is 1. The van der Waals surface area contributed by atoms with E-state index in [0.717, 1.165) is 24.9 Å². The van der Waals surface area contributed by atoms with Crippen molar-refractivity contribution in [2.45, 2.75) is 24.7 Å². The van der Waals surface area contributed by atoms with Crippen molar-refractivity contribution in [2.75, 3.05) is 20.1 Å². The SMILES string of the molecule is CN1CCCC(CN)(c2ccncc2)CC1=O. The fraction of sp³-hybridized carbons (Fsp3) is 0.538. The molecule has 1 aliphatic rings. The molecule has 0 saturated carbocycles. The van der Waals surface area contributed by atoms with Crippen LogP contribution in [0, 0.1) is 0 Å². The van der Waals surface area contributed by atoms with Gasteiger partial charge in [-0.15, -0.1) is 0 Å². The molecule has 2 N–H and O–H groups in total. The highest BCUT2D eigenvalue weighted by molar-refractivity contribution is 5.78. The van der Waals surface area contributed by atoms with Gasteiger partial charge in [-0.1, -0.05) is 0 Å². The third-order valence-corrected chi connectivity index (χ3v) is 3.75. The van der Waals surface area contributed by atoms with Gasteiger partial charge in [-0.05, 0) is 30.5 Å². The Hall–Kier alpha value is -1.42. The molecule has 1 saturated heterocycles. The highest BCUT2D eigenvalue weighted by atomic mass is 16.2. The first-order chi connectivity index (χ1) is 8.18. The zero-order chi connectivity index (χ0) is 12.3. The Balaban J connectivity index is 2.34. The van der Waals surface area contributed by atoms with Gasteiger partial charge in [0.05, 0.1) is 0 Å². The fourth-order valence-electron chi connectivity index (χ4n) is 2.54. The Morgan fingerprint density at radius 3 is 2.82 bits per heavy atom. The molecule has 0 radical (unpaired) electrons. The van der Waals surface area contributed by atoms with E-state index in [0.29, 0.717) is 13.0 Å². The fourth-order valence-corrected chi connectivity index (χ4v) is 2.54. The van der Waals surface area contributed by atoms with Crippen LogP contribution in [0.25, 0.3) is 0 Å². The third kappa shape index (κ3) is 2.31. The summed E-state index contributed by atoms with van der Waals surface area (Å²) in [4.78, 5) is 17.8. The van der Waals surface area contributed by atoms with Crippen LogP contribution in [0.2, 0.25) is 0 Å². The van der Waals surface area contributed by atoms with E-state index >= 15 is 0 Å². The van der Waals surface area contributed by atoms with Gasteiger partial charge in [-0.3, -0.25) is 9.78 Å². The van der Waals surface area contributed by atoms with Crippen LogP contribution in [0.5, 0.6) is 0 Å². The largest absolute Gasteiger partial charge is 0.346 e. The van der Waals surface area contributed by atoms with Crippen LogP contribution in [0.1, 0.15) is 24.8 Å². The number of nitrogens with two attached hydrogens (primary N) is 1. The Morgan fingerprint density at radius 2 is 2.18 bits per heavy atom. The summed E-state index contributed by atoms with van der Waals surface area (Å²) in [5.41, 5.74) is 6.89. The van der Waals surface area contributed by atoms with E-state index in [1.807, 2.05) is 19.2 Å². The van der Waals surface area contributed by atoms with E-state index in [1.165, 1.54) is 0 Å². The van der Waals surface area contributed by atoms with Gasteiger partial charge in [0.1, 0.15) is 0 Å². The minimum absolute atomic E-state index is 0.185. The van der Waals surface area contributed by atoms with E-state index in [9.17, 15) is 4.79 Å². The van der Waals surface area contributed by atoms with Crippen molar-refractivity contribution in [2.24, 2.45) is 5.73 Å². The molecule has 4 nitrogen and oxygen atoms in total. The number of aromatic nitrogens is 1. The van der Waals surface area contributed by atoms with Crippen molar-refractivity contribution in [3.8, 4) is 0 Å². The predicted octanol–water partition coefficient (Wildman–Crippen LogP) is 0.920. The van der Waals surface area contributed by atoms with Crippen molar-refractivity contribution in [3.05, 3.63) is 30.1 Å². The number of amides is 1. The minimum Gasteiger partial charge on any atom is -0.346 e. The van der Waals surface area contributed by atoms with Gasteiger partial charge in [0.25, 0.3) is 0 Å². The van der Waals surface area contributed by atoms with Crippen molar-refractivity contribution < 1.29 is 4.79 Å². The summed E-state index contributed by atoms with van der Waals surface area (Å²) < 4.78 is 0. The first kappa shape index (κ1) is 12.0. The average Bonchev–Trinajstić information content (AvgIpc) is 2.51. The highest BCUT2D eigenvalue weighted by Crippen LogP contribution is 2.34. The van der Waals surface area contributed by atoms with Gasteiger partial charge in [0.15, 0.2) is 0 Å². The molecule has 1 fully saturated rings. The number of rotatable bonds is 2. The molecular formula is C13H19N3O. The van der Waals surface area contributed by atoms with Gasteiger partial charge in [-0.2, -0.15) is 0 Å². The lowest BCUT2D eigenvalue weighted by Crippen LogP contribution is -2.38. The van der Waals surface area contributed by atoms with Gasteiger partial charge in [-0.25, -0.2) is 0 Å². The Bertz CT molecular complexity index is 393. The Labute approximate surface area is 102 Å². The highest BCUT2D eigenvalue weighted by Gasteiger charge is 2.36. The lowest BCUT2D eigenvalue weighted by molar-refractivity contribution is -0.130. The topological polar surface area (TPSA) is 59.2 Å². The molecule has 0 aliphatic carbocycles. The van der Waals surface area contributed by atoms with Crippen molar-refractivity contribution in [3.63, 3.8) is 0 Å². The maximum absolute atomic E-state index is 12.0. The van der Waals surface area contributed by atoms with Gasteiger partial charge < -0.3 is 10.6 Å². The summed E-state index contributed by atoms with van der Waals surface area (Å²) in [6.07, 6.45) is 6.01. The normalized spacial score (nSPS) is 25.8. The van der Waals surface area contributed by atoms with Crippen LogP contribution < -0.4 is 5.73 Å². The molecule has 1 aliphatic heterocycles. The molecule has 1 unspecified atom stereocenters. The number of carbonyl (C=O) groups is 1. The summed E-state index contributed by atoms with van der Waals surface area (Å²) in [5, 5.41) is 0. The summed E-state index contributed by atoms with van der Waals surface area (Å²) >= 11 is 0. The second-order valence-corrected chi connectivity index (χ2v) is 4.82. The molecule has 4 heteroatoms. The molecule has 1 aromatic heterocycles. The molecule has 2 rings (SSSR count). The maximum Gasteiger partial charge on any atom is 0.223 e. The monoisotopic (exact) mass is 233 g/mol. The number of carbonyl (C=O) groups excluding carboxylic acids is 1. The predicted molar refractivity (Wildman–Crippen MR) is 66.5 cm³/mol.